The molecule has 8 nitrogen and oxygen atoms in total. The van der Waals surface area contributed by atoms with Crippen molar-refractivity contribution >= 4 is 38.1 Å². The molecular formula is C21H24N4O4S2. The molecule has 0 bridgehead atoms. The summed E-state index contributed by atoms with van der Waals surface area (Å²) in [5.41, 5.74) is 3.09. The maximum absolute atomic E-state index is 12.9. The van der Waals surface area contributed by atoms with Gasteiger partial charge in [-0.05, 0) is 68.3 Å². The van der Waals surface area contributed by atoms with Gasteiger partial charge in [0.15, 0.2) is 0 Å². The van der Waals surface area contributed by atoms with E-state index in [-0.39, 0.29) is 5.13 Å². The van der Waals surface area contributed by atoms with Crippen LogP contribution in [0.1, 0.15) is 18.1 Å². The van der Waals surface area contributed by atoms with E-state index in [4.69, 9.17) is 4.74 Å². The van der Waals surface area contributed by atoms with Gasteiger partial charge in [-0.3, -0.25) is 14.4 Å². The predicted molar refractivity (Wildman–Crippen MR) is 123 cm³/mol. The molecule has 0 radical (unpaired) electrons. The Morgan fingerprint density at radius 2 is 1.71 bits per heavy atom. The van der Waals surface area contributed by atoms with Crippen LogP contribution >= 0.6 is 11.3 Å². The van der Waals surface area contributed by atoms with Crippen molar-refractivity contribution < 1.29 is 17.9 Å². The van der Waals surface area contributed by atoms with Gasteiger partial charge in [0.2, 0.25) is 21.1 Å². The molecule has 164 valence electrons. The summed E-state index contributed by atoms with van der Waals surface area (Å²) in [6, 6.07) is 11.8. The Kier molecular flexibility index (Phi) is 6.61. The molecule has 3 rings (SSSR count). The Morgan fingerprint density at radius 1 is 1.10 bits per heavy atom. The lowest BCUT2D eigenvalue weighted by atomic mass is 10.1. The van der Waals surface area contributed by atoms with E-state index in [1.54, 1.807) is 26.2 Å². The van der Waals surface area contributed by atoms with Crippen molar-refractivity contribution in [2.45, 2.75) is 26.8 Å². The van der Waals surface area contributed by atoms with Crippen molar-refractivity contribution in [1.82, 2.24) is 10.2 Å². The summed E-state index contributed by atoms with van der Waals surface area (Å²) in [5, 5.41) is 11.7. The molecule has 0 fully saturated rings. The Hall–Kier alpha value is -2.98. The molecule has 2 aromatic carbocycles. The zero-order chi connectivity index (χ0) is 22.8. The fourth-order valence-corrected chi connectivity index (χ4v) is 5.13. The summed E-state index contributed by atoms with van der Waals surface area (Å²) in [6.07, 6.45) is 1.08. The van der Waals surface area contributed by atoms with E-state index in [0.29, 0.717) is 10.7 Å². The topological polar surface area (TPSA) is 101 Å². The summed E-state index contributed by atoms with van der Waals surface area (Å²) in [6.45, 7) is 5.30. The number of rotatable bonds is 7. The molecule has 1 atom stereocenters. The van der Waals surface area contributed by atoms with Crippen molar-refractivity contribution in [2.24, 2.45) is 0 Å². The molecule has 0 saturated carbocycles. The van der Waals surface area contributed by atoms with Crippen LogP contribution < -0.4 is 14.4 Å². The SMILES string of the molecule is COc1ccc(-c2nnc(NC(=O)C(C)N(c3cc(C)cc(C)c3)S(C)(=O)=O)s2)cc1. The van der Waals surface area contributed by atoms with Gasteiger partial charge in [-0.25, -0.2) is 8.42 Å². The zero-order valence-electron chi connectivity index (χ0n) is 17.9. The van der Waals surface area contributed by atoms with Crippen LogP contribution in [-0.4, -0.2) is 43.9 Å². The molecule has 31 heavy (non-hydrogen) atoms. The summed E-state index contributed by atoms with van der Waals surface area (Å²) in [5.74, 6) is 0.227. The van der Waals surface area contributed by atoms with Crippen LogP contribution in [0.2, 0.25) is 0 Å². The number of amides is 1. The van der Waals surface area contributed by atoms with Crippen molar-refractivity contribution in [3.05, 3.63) is 53.6 Å². The minimum absolute atomic E-state index is 0.288. The van der Waals surface area contributed by atoms with Gasteiger partial charge in [0.1, 0.15) is 16.8 Å². The number of nitrogens with zero attached hydrogens (tertiary/aromatic N) is 3. The quantitative estimate of drug-likeness (QED) is 0.578. The first-order valence-electron chi connectivity index (χ1n) is 9.45. The standard InChI is InChI=1S/C21H24N4O4S2/c1-13-10-14(2)12-17(11-13)25(31(5,27)28)15(3)19(26)22-21-24-23-20(30-21)16-6-8-18(29-4)9-7-16/h6-12,15H,1-5H3,(H,22,24,26). The Bertz CT molecular complexity index is 1170. The third-order valence-electron chi connectivity index (χ3n) is 4.54. The number of benzene rings is 2. The van der Waals surface area contributed by atoms with Crippen LogP contribution in [0.25, 0.3) is 10.6 Å². The molecule has 1 aromatic heterocycles. The second-order valence-corrected chi connectivity index (χ2v) is 10.0. The lowest BCUT2D eigenvalue weighted by Gasteiger charge is -2.28. The smallest absolute Gasteiger partial charge is 0.249 e. The maximum atomic E-state index is 12.9. The van der Waals surface area contributed by atoms with E-state index in [0.717, 1.165) is 33.0 Å². The summed E-state index contributed by atoms with van der Waals surface area (Å²) < 4.78 is 31.3. The molecule has 1 heterocycles. The molecule has 10 heteroatoms. The van der Waals surface area contributed by atoms with Gasteiger partial charge < -0.3 is 4.74 Å². The van der Waals surface area contributed by atoms with E-state index in [2.05, 4.69) is 15.5 Å². The lowest BCUT2D eigenvalue weighted by Crippen LogP contribution is -2.45. The predicted octanol–water partition coefficient (Wildman–Crippen LogP) is 3.62. The van der Waals surface area contributed by atoms with Gasteiger partial charge >= 0.3 is 0 Å². The molecule has 0 spiro atoms. The second kappa shape index (κ2) is 9.03. The minimum atomic E-state index is -3.70. The molecule has 0 aliphatic rings. The summed E-state index contributed by atoms with van der Waals surface area (Å²) in [4.78, 5) is 12.9. The summed E-state index contributed by atoms with van der Waals surface area (Å²) >= 11 is 1.20. The number of nitrogens with one attached hydrogen (secondary N) is 1. The third-order valence-corrected chi connectivity index (χ3v) is 6.67. The molecule has 0 aliphatic heterocycles. The first-order valence-corrected chi connectivity index (χ1v) is 12.1. The van der Waals surface area contributed by atoms with Crippen molar-refractivity contribution in [1.29, 1.82) is 0 Å². The Labute approximate surface area is 185 Å². The number of sulfonamides is 1. The molecule has 0 saturated heterocycles. The van der Waals surface area contributed by atoms with Crippen LogP contribution in [0.15, 0.2) is 42.5 Å². The van der Waals surface area contributed by atoms with Gasteiger partial charge in [0.25, 0.3) is 0 Å². The van der Waals surface area contributed by atoms with Gasteiger partial charge in [0.05, 0.1) is 19.1 Å². The first-order chi connectivity index (χ1) is 14.6. The van der Waals surface area contributed by atoms with E-state index in [9.17, 15) is 13.2 Å². The number of aromatic nitrogens is 2. The third kappa shape index (κ3) is 5.39. The molecule has 1 amide bonds. The highest BCUT2D eigenvalue weighted by atomic mass is 32.2. The number of ether oxygens (including phenoxy) is 1. The largest absolute Gasteiger partial charge is 0.497 e. The van der Waals surface area contributed by atoms with Crippen molar-refractivity contribution in [2.75, 3.05) is 23.0 Å². The molecule has 1 unspecified atom stereocenters. The number of anilines is 2. The highest BCUT2D eigenvalue weighted by molar-refractivity contribution is 7.92. The highest BCUT2D eigenvalue weighted by Gasteiger charge is 2.30. The monoisotopic (exact) mass is 460 g/mol. The fourth-order valence-electron chi connectivity index (χ4n) is 3.22. The molecule has 3 aromatic rings. The maximum Gasteiger partial charge on any atom is 0.249 e. The van der Waals surface area contributed by atoms with Crippen LogP contribution in [0.4, 0.5) is 10.8 Å². The van der Waals surface area contributed by atoms with Crippen molar-refractivity contribution in [3.63, 3.8) is 0 Å². The number of methoxy groups -OCH3 is 1. The molecule has 0 aliphatic carbocycles. The average Bonchev–Trinajstić information content (AvgIpc) is 3.14. The molecular weight excluding hydrogens is 436 g/mol. The minimum Gasteiger partial charge on any atom is -0.497 e. The van der Waals surface area contributed by atoms with E-state index >= 15 is 0 Å². The van der Waals surface area contributed by atoms with Crippen LogP contribution in [0, 0.1) is 13.8 Å². The van der Waals surface area contributed by atoms with Crippen LogP contribution in [0.3, 0.4) is 0 Å². The van der Waals surface area contributed by atoms with Gasteiger partial charge in [-0.1, -0.05) is 17.4 Å². The van der Waals surface area contributed by atoms with Crippen LogP contribution in [0.5, 0.6) is 5.75 Å². The van der Waals surface area contributed by atoms with Gasteiger partial charge in [-0.15, -0.1) is 10.2 Å². The summed E-state index contributed by atoms with van der Waals surface area (Å²) in [7, 11) is -2.11. The van der Waals surface area contributed by atoms with E-state index in [1.807, 2.05) is 44.2 Å². The number of hydrogen-bond donors (Lipinski definition) is 1. The first kappa shape index (κ1) is 22.7. The Balaban J connectivity index is 1.82. The highest BCUT2D eigenvalue weighted by Crippen LogP contribution is 2.29. The number of carbonyl (C=O) groups is 1. The van der Waals surface area contributed by atoms with E-state index < -0.39 is 22.0 Å². The van der Waals surface area contributed by atoms with Gasteiger partial charge in [-0.2, -0.15) is 0 Å². The normalized spacial score (nSPS) is 12.3. The Morgan fingerprint density at radius 3 is 2.26 bits per heavy atom. The molecule has 1 N–H and O–H groups in total. The zero-order valence-corrected chi connectivity index (χ0v) is 19.5. The number of hydrogen-bond acceptors (Lipinski definition) is 7. The van der Waals surface area contributed by atoms with E-state index in [1.165, 1.54) is 11.3 Å². The van der Waals surface area contributed by atoms with Crippen LogP contribution in [-0.2, 0) is 14.8 Å². The van der Waals surface area contributed by atoms with Gasteiger partial charge in [0, 0.05) is 5.56 Å². The lowest BCUT2D eigenvalue weighted by molar-refractivity contribution is -0.116. The fraction of sp³-hybridized carbons (Fsp3) is 0.286. The number of carbonyl (C=O) groups excluding carboxylic acids is 1. The average molecular weight is 461 g/mol. The van der Waals surface area contributed by atoms with Crippen molar-refractivity contribution in [3.8, 4) is 16.3 Å². The second-order valence-electron chi connectivity index (χ2n) is 7.21. The number of aryl methyl sites for hydroxylation is 2.